The van der Waals surface area contributed by atoms with Crippen LogP contribution in [0.1, 0.15) is 6.23 Å². The number of rotatable bonds is 23. The second kappa shape index (κ2) is 20.4. The number of amides is 1. The van der Waals surface area contributed by atoms with Gasteiger partial charge in [0.1, 0.15) is 43.1 Å². The fraction of sp³-hybridized carbons (Fsp3) is 0.562. The number of nitrogens with zero attached hydrogens (tertiary/aromatic N) is 5. The summed E-state index contributed by atoms with van der Waals surface area (Å²) in [6.45, 7) is 3.38. The van der Waals surface area contributed by atoms with E-state index in [1.54, 1.807) is 29.2 Å². The lowest BCUT2D eigenvalue weighted by atomic mass is 9.98. The van der Waals surface area contributed by atoms with E-state index in [0.29, 0.717) is 88.6 Å². The van der Waals surface area contributed by atoms with Gasteiger partial charge >= 0.3 is 15.2 Å². The van der Waals surface area contributed by atoms with Gasteiger partial charge in [-0.1, -0.05) is 5.92 Å². The van der Waals surface area contributed by atoms with Crippen molar-refractivity contribution in [2.24, 2.45) is 5.92 Å². The fourth-order valence-electron chi connectivity index (χ4n) is 5.55. The number of aliphatic hydroxyl groups is 2. The molecule has 2 aromatic heterocycles. The van der Waals surface area contributed by atoms with Gasteiger partial charge in [-0.2, -0.15) is 15.1 Å². The van der Waals surface area contributed by atoms with Gasteiger partial charge in [0.15, 0.2) is 17.8 Å². The minimum absolute atomic E-state index is 0.125. The van der Waals surface area contributed by atoms with E-state index < -0.39 is 52.2 Å². The molecule has 5 rings (SSSR count). The molecule has 308 valence electrons. The van der Waals surface area contributed by atoms with Crippen LogP contribution in [0.25, 0.3) is 11.0 Å². The molecule has 2 aliphatic heterocycles. The first-order valence-electron chi connectivity index (χ1n) is 17.2. The Balaban J connectivity index is 1.03. The number of halogens is 1. The Labute approximate surface area is 325 Å². The van der Waals surface area contributed by atoms with Crippen LogP contribution in [0.3, 0.4) is 0 Å². The molecule has 56 heavy (non-hydrogen) atoms. The minimum atomic E-state index is -4.88. The molecule has 1 unspecified atom stereocenters. The summed E-state index contributed by atoms with van der Waals surface area (Å²) in [5.74, 6) is 1.32. The standard InChI is InChI=1S/C32H43ClN6O15P2/c1-2-7-48-8-9-49-10-11-50-12-13-51-14-15-52-23-5-3-22(4-6-23)35-30(42)21-17-38(18-21)28-24-16-34-39(29(24)37-32(33)36-28)31-27(41)26(40)25(54-31)19-53-56(46,47)20-55(43,44)45/h1,3-6,16,21,25-27,31,40-41H,7-15,17-20H2,(H,35,42)(H,46,47)(H2,43,44,45)/t25-,26-,27-,31-/m1/s1. The molecule has 6 N–H and O–H groups in total. The summed E-state index contributed by atoms with van der Waals surface area (Å²) in [6.07, 6.45) is 0.527. The van der Waals surface area contributed by atoms with Crippen molar-refractivity contribution in [3.8, 4) is 18.1 Å². The van der Waals surface area contributed by atoms with Crippen LogP contribution in [0, 0.1) is 18.3 Å². The molecule has 0 aliphatic carbocycles. The van der Waals surface area contributed by atoms with Gasteiger partial charge in [0, 0.05) is 18.8 Å². The molecule has 0 radical (unpaired) electrons. The van der Waals surface area contributed by atoms with Gasteiger partial charge in [0.25, 0.3) is 0 Å². The van der Waals surface area contributed by atoms with Crippen LogP contribution < -0.4 is 15.0 Å². The van der Waals surface area contributed by atoms with Crippen LogP contribution in [0.2, 0.25) is 5.28 Å². The summed E-state index contributed by atoms with van der Waals surface area (Å²) in [5, 5.41) is 28.6. The normalized spacial score (nSPS) is 21.1. The van der Waals surface area contributed by atoms with Crippen LogP contribution in [-0.4, -0.2) is 154 Å². The summed E-state index contributed by atoms with van der Waals surface area (Å²) in [4.78, 5) is 51.1. The van der Waals surface area contributed by atoms with E-state index in [9.17, 15) is 29.0 Å². The van der Waals surface area contributed by atoms with E-state index in [2.05, 4.69) is 26.3 Å². The average Bonchev–Trinajstić information content (AvgIpc) is 3.65. The Morgan fingerprint density at radius 2 is 1.57 bits per heavy atom. The van der Waals surface area contributed by atoms with E-state index in [1.165, 1.54) is 6.20 Å². The number of benzene rings is 1. The Bertz CT molecular complexity index is 1890. The van der Waals surface area contributed by atoms with Gasteiger partial charge in [0.2, 0.25) is 11.2 Å². The van der Waals surface area contributed by atoms with Crippen LogP contribution in [0.4, 0.5) is 11.5 Å². The first kappa shape index (κ1) is 43.8. The predicted molar refractivity (Wildman–Crippen MR) is 197 cm³/mol. The summed E-state index contributed by atoms with van der Waals surface area (Å²) >= 11 is 6.25. The number of anilines is 2. The minimum Gasteiger partial charge on any atom is -0.491 e. The number of nitrogens with one attached hydrogen (secondary N) is 1. The maximum Gasteiger partial charge on any atom is 0.340 e. The van der Waals surface area contributed by atoms with E-state index >= 15 is 0 Å². The van der Waals surface area contributed by atoms with Crippen LogP contribution in [0.15, 0.2) is 30.5 Å². The molecular formula is C32H43ClN6O15P2. The number of aromatic nitrogens is 4. The lowest BCUT2D eigenvalue weighted by Crippen LogP contribution is -2.52. The quantitative estimate of drug-likeness (QED) is 0.0330. The zero-order valence-corrected chi connectivity index (χ0v) is 32.4. The largest absolute Gasteiger partial charge is 0.491 e. The fourth-order valence-corrected chi connectivity index (χ4v) is 8.28. The maximum absolute atomic E-state index is 13.0. The Kier molecular flexibility index (Phi) is 16.0. The molecule has 0 spiro atoms. The molecule has 3 aromatic rings. The second-order valence-corrected chi connectivity index (χ2v) is 16.8. The zero-order valence-electron chi connectivity index (χ0n) is 29.9. The number of terminal acetylenes is 1. The Morgan fingerprint density at radius 1 is 0.946 bits per heavy atom. The average molecular weight is 849 g/mol. The third kappa shape index (κ3) is 12.6. The van der Waals surface area contributed by atoms with Crippen molar-refractivity contribution in [2.75, 3.05) is 95.3 Å². The maximum atomic E-state index is 13.0. The van der Waals surface area contributed by atoms with Crippen molar-refractivity contribution in [3.05, 3.63) is 35.7 Å². The molecule has 2 aliphatic rings. The number of aliphatic hydroxyl groups excluding tert-OH is 2. The molecule has 4 heterocycles. The van der Waals surface area contributed by atoms with Gasteiger partial charge in [-0.05, 0) is 35.9 Å². The van der Waals surface area contributed by atoms with Gasteiger partial charge in [-0.25, -0.2) is 4.68 Å². The van der Waals surface area contributed by atoms with E-state index in [4.69, 9.17) is 60.8 Å². The zero-order chi connectivity index (χ0) is 40.3. The molecule has 2 fully saturated rings. The third-order valence-electron chi connectivity index (χ3n) is 8.26. The van der Waals surface area contributed by atoms with Crippen molar-refractivity contribution >= 4 is 55.2 Å². The van der Waals surface area contributed by atoms with Crippen LogP contribution in [-0.2, 0) is 42.1 Å². The summed E-state index contributed by atoms with van der Waals surface area (Å²) in [6, 6.07) is 6.91. The third-order valence-corrected chi connectivity index (χ3v) is 11.9. The number of hydrogen-bond acceptors (Lipinski definition) is 16. The molecule has 5 atom stereocenters. The van der Waals surface area contributed by atoms with Crippen molar-refractivity contribution in [2.45, 2.75) is 24.5 Å². The highest BCUT2D eigenvalue weighted by molar-refractivity contribution is 7.70. The van der Waals surface area contributed by atoms with E-state index in [1.807, 2.05) is 0 Å². The SMILES string of the molecule is C#CCOCCOCCOCCOCCOc1ccc(NC(=O)C2CN(c3nc(Cl)nc4c3cnn4[C@@H]3O[C@H](COP(=O)(O)CP(=O)(O)O)[C@@H](O)[C@H]3O)C2)cc1. The number of ether oxygens (including phenoxy) is 6. The molecule has 2 saturated heterocycles. The first-order valence-corrected chi connectivity index (χ1v) is 21.1. The lowest BCUT2D eigenvalue weighted by molar-refractivity contribution is -0.120. The van der Waals surface area contributed by atoms with Crippen LogP contribution in [0.5, 0.6) is 5.75 Å². The Morgan fingerprint density at radius 3 is 2.20 bits per heavy atom. The number of carbonyl (C=O) groups excluding carboxylic acids is 1. The Hall–Kier alpha value is -3.29. The smallest absolute Gasteiger partial charge is 0.340 e. The van der Waals surface area contributed by atoms with Gasteiger partial charge in [-0.15, -0.1) is 6.42 Å². The molecule has 1 aromatic carbocycles. The highest BCUT2D eigenvalue weighted by atomic mass is 35.5. The van der Waals surface area contributed by atoms with Gasteiger partial charge in [-0.3, -0.25) is 13.9 Å². The second-order valence-electron chi connectivity index (χ2n) is 12.5. The van der Waals surface area contributed by atoms with Crippen molar-refractivity contribution in [1.82, 2.24) is 19.7 Å². The monoisotopic (exact) mass is 848 g/mol. The predicted octanol–water partition coefficient (Wildman–Crippen LogP) is 0.589. The number of fused-ring (bicyclic) bond motifs is 1. The molecular weight excluding hydrogens is 806 g/mol. The van der Waals surface area contributed by atoms with E-state index in [0.717, 1.165) is 4.68 Å². The summed E-state index contributed by atoms with van der Waals surface area (Å²) in [7, 11) is -9.63. The van der Waals surface area contributed by atoms with Gasteiger partial charge < -0.3 is 68.1 Å². The topological polar surface area (TPSA) is 276 Å². The van der Waals surface area contributed by atoms with Crippen molar-refractivity contribution < 1.29 is 71.8 Å². The first-order chi connectivity index (χ1) is 26.7. The van der Waals surface area contributed by atoms with Crippen LogP contribution >= 0.6 is 26.8 Å². The number of hydrogen-bond donors (Lipinski definition) is 6. The molecule has 1 amide bonds. The summed E-state index contributed by atoms with van der Waals surface area (Å²) in [5.41, 5.74) is 0.705. The molecule has 21 nitrogen and oxygen atoms in total. The lowest BCUT2D eigenvalue weighted by Gasteiger charge is -2.39. The van der Waals surface area contributed by atoms with E-state index in [-0.39, 0.29) is 29.4 Å². The highest BCUT2D eigenvalue weighted by Gasteiger charge is 2.46. The van der Waals surface area contributed by atoms with Crippen molar-refractivity contribution in [1.29, 1.82) is 0 Å². The van der Waals surface area contributed by atoms with Gasteiger partial charge in [0.05, 0.1) is 70.4 Å². The number of carbonyl (C=O) groups is 1. The molecule has 0 saturated carbocycles. The summed E-state index contributed by atoms with van der Waals surface area (Å²) < 4.78 is 61.9. The highest BCUT2D eigenvalue weighted by Crippen LogP contribution is 2.55. The van der Waals surface area contributed by atoms with Crippen molar-refractivity contribution in [3.63, 3.8) is 0 Å². The molecule has 24 heteroatoms. The molecule has 0 bridgehead atoms.